The summed E-state index contributed by atoms with van der Waals surface area (Å²) in [5, 5.41) is 5.50. The number of nitrogens with zero attached hydrogens (tertiary/aromatic N) is 7. The molecule has 1 fully saturated rings. The Morgan fingerprint density at radius 2 is 1.96 bits per heavy atom. The summed E-state index contributed by atoms with van der Waals surface area (Å²) in [6.45, 7) is 7.83. The molecule has 0 N–H and O–H groups in total. The monoisotopic (exact) mass is 329 g/mol. The molecule has 23 heavy (non-hydrogen) atoms. The second kappa shape index (κ2) is 5.77. The molecular weight excluding hydrogens is 310 g/mol. The lowest BCUT2D eigenvalue weighted by Gasteiger charge is -2.35. The standard InChI is InChI=1S/C15H19N7S/c1-3-13-17-15(23-19-13)21-8-6-20(7-9-21)14-12-10-11(2)18-22(12)5-4-16-14/h4-5,10H,3,6-9H2,1-2H3. The first kappa shape index (κ1) is 14.4. The van der Waals surface area contributed by atoms with Crippen molar-refractivity contribution in [2.45, 2.75) is 20.3 Å². The quantitative estimate of drug-likeness (QED) is 0.730. The van der Waals surface area contributed by atoms with Crippen LogP contribution in [0.2, 0.25) is 0 Å². The number of hydrogen-bond acceptors (Lipinski definition) is 7. The Morgan fingerprint density at radius 3 is 2.70 bits per heavy atom. The van der Waals surface area contributed by atoms with E-state index in [-0.39, 0.29) is 0 Å². The summed E-state index contributed by atoms with van der Waals surface area (Å²) in [5.74, 6) is 1.95. The summed E-state index contributed by atoms with van der Waals surface area (Å²) < 4.78 is 6.29. The molecule has 0 spiro atoms. The van der Waals surface area contributed by atoms with E-state index < -0.39 is 0 Å². The first-order chi connectivity index (χ1) is 11.2. The molecule has 1 saturated heterocycles. The van der Waals surface area contributed by atoms with Gasteiger partial charge in [0.2, 0.25) is 5.13 Å². The molecule has 0 aliphatic carbocycles. The van der Waals surface area contributed by atoms with E-state index in [1.807, 2.05) is 23.8 Å². The van der Waals surface area contributed by atoms with Gasteiger partial charge < -0.3 is 9.80 Å². The number of aromatic nitrogens is 5. The molecule has 1 aliphatic rings. The molecule has 0 atom stereocenters. The van der Waals surface area contributed by atoms with Crippen LogP contribution in [0.5, 0.6) is 0 Å². The van der Waals surface area contributed by atoms with Crippen molar-refractivity contribution in [1.29, 1.82) is 0 Å². The van der Waals surface area contributed by atoms with Gasteiger partial charge in [0, 0.05) is 56.5 Å². The molecule has 0 amide bonds. The highest BCUT2D eigenvalue weighted by Gasteiger charge is 2.22. The molecule has 0 radical (unpaired) electrons. The van der Waals surface area contributed by atoms with Crippen LogP contribution < -0.4 is 9.80 Å². The smallest absolute Gasteiger partial charge is 0.205 e. The minimum absolute atomic E-state index is 0.892. The summed E-state index contributed by atoms with van der Waals surface area (Å²) in [4.78, 5) is 13.8. The fraction of sp³-hybridized carbons (Fsp3) is 0.467. The Bertz CT molecular complexity index is 816. The highest BCUT2D eigenvalue weighted by atomic mass is 32.1. The van der Waals surface area contributed by atoms with E-state index in [4.69, 9.17) is 0 Å². The van der Waals surface area contributed by atoms with Crippen LogP contribution in [0.15, 0.2) is 18.5 Å². The first-order valence-electron chi connectivity index (χ1n) is 7.88. The van der Waals surface area contributed by atoms with Gasteiger partial charge in [0.05, 0.1) is 5.69 Å². The molecule has 7 nitrogen and oxygen atoms in total. The van der Waals surface area contributed by atoms with Gasteiger partial charge in [-0.15, -0.1) is 0 Å². The highest BCUT2D eigenvalue weighted by molar-refractivity contribution is 7.09. The van der Waals surface area contributed by atoms with E-state index >= 15 is 0 Å². The summed E-state index contributed by atoms with van der Waals surface area (Å²) >= 11 is 1.50. The highest BCUT2D eigenvalue weighted by Crippen LogP contribution is 2.24. The molecule has 3 aromatic rings. The molecule has 120 valence electrons. The van der Waals surface area contributed by atoms with Crippen LogP contribution in [-0.4, -0.2) is 50.1 Å². The lowest BCUT2D eigenvalue weighted by molar-refractivity contribution is 0.645. The molecule has 0 unspecified atom stereocenters. The van der Waals surface area contributed by atoms with Gasteiger partial charge in [-0.3, -0.25) is 0 Å². The molecule has 4 rings (SSSR count). The Labute approximate surface area is 138 Å². The maximum atomic E-state index is 4.59. The van der Waals surface area contributed by atoms with Crippen molar-refractivity contribution in [3.8, 4) is 0 Å². The molecule has 0 bridgehead atoms. The molecule has 1 aliphatic heterocycles. The van der Waals surface area contributed by atoms with E-state index in [1.54, 1.807) is 0 Å². The van der Waals surface area contributed by atoms with E-state index in [0.717, 1.165) is 60.6 Å². The van der Waals surface area contributed by atoms with Gasteiger partial charge >= 0.3 is 0 Å². The number of rotatable bonds is 3. The summed E-state index contributed by atoms with van der Waals surface area (Å²) in [6.07, 6.45) is 4.61. The van der Waals surface area contributed by atoms with Gasteiger partial charge in [0.15, 0.2) is 5.82 Å². The zero-order valence-electron chi connectivity index (χ0n) is 13.3. The second-order valence-electron chi connectivity index (χ2n) is 5.69. The van der Waals surface area contributed by atoms with Crippen molar-refractivity contribution < 1.29 is 0 Å². The Morgan fingerprint density at radius 1 is 1.17 bits per heavy atom. The van der Waals surface area contributed by atoms with Crippen LogP contribution in [0.4, 0.5) is 10.9 Å². The Hall–Kier alpha value is -2.22. The van der Waals surface area contributed by atoms with Crippen LogP contribution in [0.3, 0.4) is 0 Å². The van der Waals surface area contributed by atoms with Crippen LogP contribution in [-0.2, 0) is 6.42 Å². The van der Waals surface area contributed by atoms with E-state index in [9.17, 15) is 0 Å². The van der Waals surface area contributed by atoms with Crippen molar-refractivity contribution in [2.75, 3.05) is 36.0 Å². The third-order valence-electron chi connectivity index (χ3n) is 4.12. The van der Waals surface area contributed by atoms with Crippen molar-refractivity contribution in [2.24, 2.45) is 0 Å². The van der Waals surface area contributed by atoms with E-state index in [0.29, 0.717) is 0 Å². The first-order valence-corrected chi connectivity index (χ1v) is 8.65. The third-order valence-corrected chi connectivity index (χ3v) is 4.93. The molecular formula is C15H19N7S. The van der Waals surface area contributed by atoms with Crippen LogP contribution in [0.25, 0.3) is 5.52 Å². The Kier molecular flexibility index (Phi) is 3.60. The predicted octanol–water partition coefficient (Wildman–Crippen LogP) is 1.78. The number of aryl methyl sites for hydroxylation is 2. The van der Waals surface area contributed by atoms with Crippen molar-refractivity contribution >= 4 is 28.0 Å². The molecule has 8 heteroatoms. The lowest BCUT2D eigenvalue weighted by Crippen LogP contribution is -2.47. The number of hydrogen-bond donors (Lipinski definition) is 0. The topological polar surface area (TPSA) is 62.5 Å². The van der Waals surface area contributed by atoms with Gasteiger partial charge in [-0.1, -0.05) is 6.92 Å². The van der Waals surface area contributed by atoms with Gasteiger partial charge in [0.25, 0.3) is 0 Å². The molecule has 0 saturated carbocycles. The summed E-state index contributed by atoms with van der Waals surface area (Å²) in [5.41, 5.74) is 2.08. The lowest BCUT2D eigenvalue weighted by atomic mass is 10.3. The van der Waals surface area contributed by atoms with E-state index in [2.05, 4.69) is 42.2 Å². The van der Waals surface area contributed by atoms with Crippen LogP contribution in [0, 0.1) is 6.92 Å². The maximum absolute atomic E-state index is 4.59. The second-order valence-corrected chi connectivity index (χ2v) is 6.42. The van der Waals surface area contributed by atoms with Gasteiger partial charge in [-0.25, -0.2) is 14.5 Å². The minimum Gasteiger partial charge on any atom is -0.351 e. The van der Waals surface area contributed by atoms with Crippen molar-refractivity contribution in [1.82, 2.24) is 24.0 Å². The number of fused-ring (bicyclic) bond motifs is 1. The third kappa shape index (κ3) is 2.63. The van der Waals surface area contributed by atoms with Gasteiger partial charge in [-0.05, 0) is 13.0 Å². The normalized spacial score (nSPS) is 15.6. The fourth-order valence-corrected chi connectivity index (χ4v) is 3.70. The van der Waals surface area contributed by atoms with Gasteiger partial charge in [-0.2, -0.15) is 9.47 Å². The summed E-state index contributed by atoms with van der Waals surface area (Å²) in [6, 6.07) is 2.09. The average molecular weight is 329 g/mol. The largest absolute Gasteiger partial charge is 0.351 e. The van der Waals surface area contributed by atoms with Crippen molar-refractivity contribution in [3.05, 3.63) is 30.0 Å². The predicted molar refractivity (Wildman–Crippen MR) is 91.4 cm³/mol. The number of piperazine rings is 1. The zero-order valence-corrected chi connectivity index (χ0v) is 14.1. The van der Waals surface area contributed by atoms with Gasteiger partial charge in [0.1, 0.15) is 11.3 Å². The molecule has 0 aromatic carbocycles. The minimum atomic E-state index is 0.892. The maximum Gasteiger partial charge on any atom is 0.205 e. The number of anilines is 2. The average Bonchev–Trinajstić information content (AvgIpc) is 3.20. The molecule has 3 aromatic heterocycles. The fourth-order valence-electron chi connectivity index (χ4n) is 2.90. The van der Waals surface area contributed by atoms with Crippen molar-refractivity contribution in [3.63, 3.8) is 0 Å². The van der Waals surface area contributed by atoms with Crippen LogP contribution in [0.1, 0.15) is 18.4 Å². The molecule has 4 heterocycles. The Balaban J connectivity index is 1.52. The van der Waals surface area contributed by atoms with Crippen LogP contribution >= 0.6 is 11.5 Å². The van der Waals surface area contributed by atoms with E-state index in [1.165, 1.54) is 11.5 Å². The SMILES string of the molecule is CCc1nsc(N2CCN(c3nccn4nc(C)cc34)CC2)n1. The summed E-state index contributed by atoms with van der Waals surface area (Å²) in [7, 11) is 0. The zero-order chi connectivity index (χ0) is 15.8.